The summed E-state index contributed by atoms with van der Waals surface area (Å²) < 4.78 is 5.09. The Bertz CT molecular complexity index is 645. The Labute approximate surface area is 126 Å². The molecule has 0 aromatic carbocycles. The van der Waals surface area contributed by atoms with Gasteiger partial charge in [-0.2, -0.15) is 4.98 Å². The van der Waals surface area contributed by atoms with Gasteiger partial charge in [0.2, 0.25) is 5.89 Å². The Hall–Kier alpha value is -2.02. The lowest BCUT2D eigenvalue weighted by molar-refractivity contribution is 0.0956. The third kappa shape index (κ3) is 3.98. The zero-order valence-electron chi connectivity index (χ0n) is 12.2. The van der Waals surface area contributed by atoms with Crippen molar-refractivity contribution in [3.8, 4) is 0 Å². The van der Waals surface area contributed by atoms with Crippen LogP contribution in [0.15, 0.2) is 16.7 Å². The van der Waals surface area contributed by atoms with Gasteiger partial charge in [0.25, 0.3) is 5.91 Å². The van der Waals surface area contributed by atoms with E-state index in [2.05, 4.69) is 15.5 Å². The van der Waals surface area contributed by atoms with Gasteiger partial charge in [0, 0.05) is 18.9 Å². The van der Waals surface area contributed by atoms with Crippen molar-refractivity contribution in [1.29, 1.82) is 0 Å². The van der Waals surface area contributed by atoms with Crippen molar-refractivity contribution < 1.29 is 14.1 Å². The summed E-state index contributed by atoms with van der Waals surface area (Å²) in [6.45, 7) is 5.86. The van der Waals surface area contributed by atoms with E-state index in [0.29, 0.717) is 34.4 Å². The van der Waals surface area contributed by atoms with Crippen LogP contribution in [0.1, 0.15) is 57.7 Å². The number of Topliss-reactive ketones (excluding diaryl/α,β-unsaturated/α-hetero) is 1. The number of carbonyl (C=O) groups excluding carboxylic acids is 2. The molecule has 0 aliphatic rings. The van der Waals surface area contributed by atoms with E-state index in [0.717, 1.165) is 0 Å². The van der Waals surface area contributed by atoms with Crippen LogP contribution in [0.5, 0.6) is 0 Å². The van der Waals surface area contributed by atoms with Gasteiger partial charge in [0.15, 0.2) is 11.6 Å². The van der Waals surface area contributed by atoms with Crippen molar-refractivity contribution >= 4 is 23.0 Å². The molecule has 0 radical (unpaired) electrons. The maximum atomic E-state index is 11.9. The van der Waals surface area contributed by atoms with E-state index in [1.54, 1.807) is 12.1 Å². The van der Waals surface area contributed by atoms with Crippen LogP contribution in [0.3, 0.4) is 0 Å². The smallest absolute Gasteiger partial charge is 0.261 e. The molecule has 2 aromatic heterocycles. The number of hydrogen-bond acceptors (Lipinski definition) is 6. The molecule has 7 heteroatoms. The maximum absolute atomic E-state index is 11.9. The van der Waals surface area contributed by atoms with E-state index in [9.17, 15) is 9.59 Å². The summed E-state index contributed by atoms with van der Waals surface area (Å²) in [5.41, 5.74) is 0. The molecule has 0 spiro atoms. The molecule has 112 valence electrons. The molecule has 2 rings (SSSR count). The Morgan fingerprint density at radius 2 is 2.05 bits per heavy atom. The summed E-state index contributed by atoms with van der Waals surface area (Å²) in [5, 5.41) is 6.63. The summed E-state index contributed by atoms with van der Waals surface area (Å²) >= 11 is 1.19. The topological polar surface area (TPSA) is 85.1 Å². The Kier molecular flexibility index (Phi) is 4.85. The highest BCUT2D eigenvalue weighted by atomic mass is 32.1. The number of carbonyl (C=O) groups is 2. The summed E-state index contributed by atoms with van der Waals surface area (Å²) in [5.74, 6) is 1.16. The number of rotatable bonds is 6. The number of amides is 1. The summed E-state index contributed by atoms with van der Waals surface area (Å²) in [6.07, 6.45) is 0.483. The van der Waals surface area contributed by atoms with Gasteiger partial charge in [0.05, 0.1) is 9.75 Å². The van der Waals surface area contributed by atoms with E-state index in [-0.39, 0.29) is 17.6 Å². The summed E-state index contributed by atoms with van der Waals surface area (Å²) in [4.78, 5) is 28.4. The normalized spacial score (nSPS) is 10.9. The molecule has 0 bridgehead atoms. The molecule has 6 nitrogen and oxygen atoms in total. The second-order valence-electron chi connectivity index (χ2n) is 4.93. The second kappa shape index (κ2) is 6.62. The second-order valence-corrected chi connectivity index (χ2v) is 6.01. The lowest BCUT2D eigenvalue weighted by Gasteiger charge is -2.00. The average Bonchev–Trinajstić information content (AvgIpc) is 3.07. The highest BCUT2D eigenvalue weighted by Crippen LogP contribution is 2.16. The van der Waals surface area contributed by atoms with Gasteiger partial charge >= 0.3 is 0 Å². The number of nitrogens with one attached hydrogen (secondary N) is 1. The Balaban J connectivity index is 1.84. The molecular weight excluding hydrogens is 290 g/mol. The fourth-order valence-electron chi connectivity index (χ4n) is 1.62. The highest BCUT2D eigenvalue weighted by Gasteiger charge is 2.12. The first-order valence-electron chi connectivity index (χ1n) is 6.69. The van der Waals surface area contributed by atoms with Gasteiger partial charge in [-0.3, -0.25) is 9.59 Å². The van der Waals surface area contributed by atoms with E-state index in [1.807, 2.05) is 13.8 Å². The van der Waals surface area contributed by atoms with Crippen molar-refractivity contribution in [2.75, 3.05) is 6.54 Å². The van der Waals surface area contributed by atoms with Gasteiger partial charge in [-0.05, 0) is 19.1 Å². The molecule has 1 amide bonds. The number of thiophene rings is 1. The number of aromatic nitrogens is 2. The predicted octanol–water partition coefficient (Wildman–Crippen LogP) is 2.43. The van der Waals surface area contributed by atoms with Crippen molar-refractivity contribution in [2.45, 2.75) is 33.1 Å². The standard InChI is InChI=1S/C14H17N3O3S/c1-8(2)13-16-12(20-17-13)6-7-15-14(19)11-5-4-10(21-11)9(3)18/h4-5,8H,6-7H2,1-3H3,(H,15,19). The average molecular weight is 307 g/mol. The lowest BCUT2D eigenvalue weighted by Crippen LogP contribution is -2.24. The van der Waals surface area contributed by atoms with Gasteiger partial charge in [-0.25, -0.2) is 0 Å². The van der Waals surface area contributed by atoms with Crippen LogP contribution >= 0.6 is 11.3 Å². The van der Waals surface area contributed by atoms with Gasteiger partial charge in [-0.15, -0.1) is 11.3 Å². The first-order chi connectivity index (χ1) is 9.97. The minimum atomic E-state index is -0.198. The Morgan fingerprint density at radius 3 is 2.62 bits per heavy atom. The summed E-state index contributed by atoms with van der Waals surface area (Å²) in [6, 6.07) is 3.31. The van der Waals surface area contributed by atoms with Crippen LogP contribution in [0.4, 0.5) is 0 Å². The van der Waals surface area contributed by atoms with E-state index < -0.39 is 0 Å². The molecule has 0 unspecified atom stereocenters. The van der Waals surface area contributed by atoms with E-state index in [4.69, 9.17) is 4.52 Å². The first kappa shape index (κ1) is 15.4. The SMILES string of the molecule is CC(=O)c1ccc(C(=O)NCCc2nc(C(C)C)no2)s1. The molecule has 1 N–H and O–H groups in total. The van der Waals surface area contributed by atoms with Crippen LogP contribution in [0.25, 0.3) is 0 Å². The fraction of sp³-hybridized carbons (Fsp3) is 0.429. The molecular formula is C14H17N3O3S. The third-order valence-electron chi connectivity index (χ3n) is 2.80. The molecule has 0 fully saturated rings. The van der Waals surface area contributed by atoms with Crippen LogP contribution < -0.4 is 5.32 Å². The Morgan fingerprint density at radius 1 is 1.33 bits per heavy atom. The van der Waals surface area contributed by atoms with Crippen molar-refractivity contribution in [3.05, 3.63) is 33.6 Å². The monoisotopic (exact) mass is 307 g/mol. The van der Waals surface area contributed by atoms with E-state index in [1.165, 1.54) is 18.3 Å². The fourth-order valence-corrected chi connectivity index (χ4v) is 2.44. The lowest BCUT2D eigenvalue weighted by atomic mass is 10.2. The van der Waals surface area contributed by atoms with E-state index >= 15 is 0 Å². The van der Waals surface area contributed by atoms with Gasteiger partial charge < -0.3 is 9.84 Å². The molecule has 0 aliphatic carbocycles. The highest BCUT2D eigenvalue weighted by molar-refractivity contribution is 7.15. The van der Waals surface area contributed by atoms with Gasteiger partial charge in [0.1, 0.15) is 0 Å². The molecule has 21 heavy (non-hydrogen) atoms. The molecule has 0 atom stereocenters. The zero-order chi connectivity index (χ0) is 15.4. The molecule has 0 saturated carbocycles. The first-order valence-corrected chi connectivity index (χ1v) is 7.50. The zero-order valence-corrected chi connectivity index (χ0v) is 13.0. The minimum absolute atomic E-state index is 0.0360. The maximum Gasteiger partial charge on any atom is 0.261 e. The van der Waals surface area contributed by atoms with Crippen molar-refractivity contribution in [3.63, 3.8) is 0 Å². The largest absolute Gasteiger partial charge is 0.351 e. The number of hydrogen-bond donors (Lipinski definition) is 1. The summed E-state index contributed by atoms with van der Waals surface area (Å²) in [7, 11) is 0. The van der Waals surface area contributed by atoms with Crippen molar-refractivity contribution in [1.82, 2.24) is 15.5 Å². The number of nitrogens with zero attached hydrogens (tertiary/aromatic N) is 2. The molecule has 2 heterocycles. The molecule has 2 aromatic rings. The third-order valence-corrected chi connectivity index (χ3v) is 3.99. The van der Waals surface area contributed by atoms with Crippen LogP contribution in [0.2, 0.25) is 0 Å². The molecule has 0 saturated heterocycles. The van der Waals surface area contributed by atoms with Crippen LogP contribution in [-0.2, 0) is 6.42 Å². The van der Waals surface area contributed by atoms with Gasteiger partial charge in [-0.1, -0.05) is 19.0 Å². The molecule has 0 aliphatic heterocycles. The number of ketones is 1. The minimum Gasteiger partial charge on any atom is -0.351 e. The van der Waals surface area contributed by atoms with Crippen LogP contribution in [0, 0.1) is 0 Å². The van der Waals surface area contributed by atoms with Crippen molar-refractivity contribution in [2.24, 2.45) is 0 Å². The quantitative estimate of drug-likeness (QED) is 0.828. The predicted molar refractivity (Wildman–Crippen MR) is 78.7 cm³/mol. The van der Waals surface area contributed by atoms with Crippen LogP contribution in [-0.4, -0.2) is 28.4 Å².